The maximum atomic E-state index is 11.0. The van der Waals surface area contributed by atoms with Crippen molar-refractivity contribution in [1.29, 1.82) is 0 Å². The molecule has 0 amide bonds. The summed E-state index contributed by atoms with van der Waals surface area (Å²) in [6.07, 6.45) is 0. The zero-order valence-corrected chi connectivity index (χ0v) is 5.81. The lowest BCUT2D eigenvalue weighted by atomic mass is 9.98. The molecule has 9 heavy (non-hydrogen) atoms. The maximum absolute atomic E-state index is 11.0. The predicted molar refractivity (Wildman–Crippen MR) is 33.9 cm³/mol. The standard InChI is InChI=1S/C7H11O2/c1-5-4-9-7(2,3)6(5)8/h5H,1,4H2,2-3H3. The first-order chi connectivity index (χ1) is 4.04. The molecule has 0 aliphatic carbocycles. The van der Waals surface area contributed by atoms with Crippen LogP contribution in [0.4, 0.5) is 0 Å². The maximum Gasteiger partial charge on any atom is 0.169 e. The van der Waals surface area contributed by atoms with Crippen molar-refractivity contribution in [2.75, 3.05) is 6.61 Å². The molecule has 2 nitrogen and oxygen atoms in total. The first kappa shape index (κ1) is 6.75. The van der Waals surface area contributed by atoms with Crippen LogP contribution in [0.5, 0.6) is 0 Å². The number of carbonyl (C=O) groups excluding carboxylic acids is 1. The van der Waals surface area contributed by atoms with Gasteiger partial charge in [0, 0.05) is 5.92 Å². The Morgan fingerprint density at radius 2 is 2.33 bits per heavy atom. The molecule has 1 fully saturated rings. The molecule has 0 saturated carbocycles. The second-order valence-electron chi connectivity index (χ2n) is 2.88. The van der Waals surface area contributed by atoms with Crippen molar-refractivity contribution >= 4 is 5.78 Å². The third kappa shape index (κ3) is 0.990. The SMILES string of the molecule is [CH2]C1COC(C)(C)C1=O. The number of Topliss-reactive ketones (excluding diaryl/α,β-unsaturated/α-hetero) is 1. The molecule has 0 aromatic rings. The molecule has 1 rings (SSSR count). The van der Waals surface area contributed by atoms with Gasteiger partial charge in [0.2, 0.25) is 0 Å². The summed E-state index contributed by atoms with van der Waals surface area (Å²) in [6, 6.07) is 0. The average Bonchev–Trinajstić information content (AvgIpc) is 1.97. The number of ketones is 1. The van der Waals surface area contributed by atoms with Crippen molar-refractivity contribution in [3.05, 3.63) is 6.92 Å². The molecule has 51 valence electrons. The molecule has 2 heteroatoms. The van der Waals surface area contributed by atoms with Gasteiger partial charge in [-0.2, -0.15) is 0 Å². The van der Waals surface area contributed by atoms with Gasteiger partial charge in [-0.1, -0.05) is 0 Å². The van der Waals surface area contributed by atoms with Gasteiger partial charge in [-0.25, -0.2) is 0 Å². The fourth-order valence-corrected chi connectivity index (χ4v) is 0.947. The van der Waals surface area contributed by atoms with E-state index < -0.39 is 5.60 Å². The van der Waals surface area contributed by atoms with Crippen molar-refractivity contribution in [2.24, 2.45) is 5.92 Å². The van der Waals surface area contributed by atoms with E-state index in [1.807, 2.05) is 0 Å². The quantitative estimate of drug-likeness (QED) is 0.481. The Labute approximate surface area is 55.2 Å². The molecule has 1 aliphatic rings. The second kappa shape index (κ2) is 1.81. The van der Waals surface area contributed by atoms with Crippen LogP contribution >= 0.6 is 0 Å². The molecule has 0 aromatic heterocycles. The first-order valence-corrected chi connectivity index (χ1v) is 3.05. The number of hydrogen-bond acceptors (Lipinski definition) is 2. The zero-order valence-electron chi connectivity index (χ0n) is 5.81. The van der Waals surface area contributed by atoms with Crippen molar-refractivity contribution in [2.45, 2.75) is 19.4 Å². The Morgan fingerprint density at radius 1 is 1.78 bits per heavy atom. The van der Waals surface area contributed by atoms with E-state index in [1.54, 1.807) is 13.8 Å². The fourth-order valence-electron chi connectivity index (χ4n) is 0.947. The van der Waals surface area contributed by atoms with Crippen molar-refractivity contribution in [1.82, 2.24) is 0 Å². The Morgan fingerprint density at radius 3 is 2.44 bits per heavy atom. The monoisotopic (exact) mass is 127 g/mol. The summed E-state index contributed by atoms with van der Waals surface area (Å²) in [5.74, 6) is -0.0394. The van der Waals surface area contributed by atoms with Gasteiger partial charge in [0.1, 0.15) is 5.60 Å². The Kier molecular flexibility index (Phi) is 1.35. The summed E-state index contributed by atoms with van der Waals surface area (Å²) in [7, 11) is 0. The summed E-state index contributed by atoms with van der Waals surface area (Å²) >= 11 is 0. The zero-order chi connectivity index (χ0) is 7.07. The second-order valence-corrected chi connectivity index (χ2v) is 2.88. The first-order valence-electron chi connectivity index (χ1n) is 3.05. The van der Waals surface area contributed by atoms with E-state index >= 15 is 0 Å². The normalized spacial score (nSPS) is 33.2. The van der Waals surface area contributed by atoms with Crippen LogP contribution in [0, 0.1) is 12.8 Å². The van der Waals surface area contributed by atoms with Crippen LogP contribution < -0.4 is 0 Å². The van der Waals surface area contributed by atoms with Gasteiger partial charge < -0.3 is 4.74 Å². The number of rotatable bonds is 0. The van der Waals surface area contributed by atoms with E-state index in [2.05, 4.69) is 6.92 Å². The molecule has 0 bridgehead atoms. The smallest absolute Gasteiger partial charge is 0.169 e. The van der Waals surface area contributed by atoms with Gasteiger partial charge in [0.05, 0.1) is 6.61 Å². The third-order valence-corrected chi connectivity index (χ3v) is 1.61. The molecule has 0 spiro atoms. The van der Waals surface area contributed by atoms with Gasteiger partial charge in [-0.15, -0.1) is 0 Å². The average molecular weight is 127 g/mol. The highest BCUT2D eigenvalue weighted by Crippen LogP contribution is 2.24. The molecule has 1 heterocycles. The van der Waals surface area contributed by atoms with Crippen LogP contribution in [0.3, 0.4) is 0 Å². The van der Waals surface area contributed by atoms with Crippen LogP contribution in [0.2, 0.25) is 0 Å². The molecular formula is C7H11O2. The molecule has 1 radical (unpaired) electrons. The Balaban J connectivity index is 2.74. The summed E-state index contributed by atoms with van der Waals surface area (Å²) in [5, 5.41) is 0. The van der Waals surface area contributed by atoms with Crippen LogP contribution in [-0.4, -0.2) is 18.0 Å². The highest BCUT2D eigenvalue weighted by Gasteiger charge is 2.38. The van der Waals surface area contributed by atoms with Gasteiger partial charge in [-0.05, 0) is 20.8 Å². The van der Waals surface area contributed by atoms with Gasteiger partial charge in [0.25, 0.3) is 0 Å². The summed E-state index contributed by atoms with van der Waals surface area (Å²) in [6.45, 7) is 7.67. The summed E-state index contributed by atoms with van der Waals surface area (Å²) < 4.78 is 5.15. The van der Waals surface area contributed by atoms with E-state index in [-0.39, 0.29) is 11.7 Å². The van der Waals surface area contributed by atoms with Crippen LogP contribution in [-0.2, 0) is 9.53 Å². The van der Waals surface area contributed by atoms with E-state index in [0.717, 1.165) is 0 Å². The number of hydrogen-bond donors (Lipinski definition) is 0. The van der Waals surface area contributed by atoms with E-state index in [4.69, 9.17) is 4.74 Å². The van der Waals surface area contributed by atoms with Crippen molar-refractivity contribution in [3.8, 4) is 0 Å². The largest absolute Gasteiger partial charge is 0.367 e. The van der Waals surface area contributed by atoms with E-state index in [1.165, 1.54) is 0 Å². The third-order valence-electron chi connectivity index (χ3n) is 1.61. The van der Waals surface area contributed by atoms with E-state index in [9.17, 15) is 4.79 Å². The van der Waals surface area contributed by atoms with Crippen LogP contribution in [0.1, 0.15) is 13.8 Å². The van der Waals surface area contributed by atoms with Gasteiger partial charge >= 0.3 is 0 Å². The van der Waals surface area contributed by atoms with Crippen LogP contribution in [0.25, 0.3) is 0 Å². The molecular weight excluding hydrogens is 116 g/mol. The lowest BCUT2D eigenvalue weighted by Crippen LogP contribution is -2.29. The summed E-state index contributed by atoms with van der Waals surface area (Å²) in [4.78, 5) is 11.0. The topological polar surface area (TPSA) is 26.3 Å². The van der Waals surface area contributed by atoms with Crippen LogP contribution in [0.15, 0.2) is 0 Å². The molecule has 1 atom stereocenters. The molecule has 1 aliphatic heterocycles. The molecule has 1 saturated heterocycles. The molecule has 0 N–H and O–H groups in total. The lowest BCUT2D eigenvalue weighted by Gasteiger charge is -2.13. The minimum absolute atomic E-state index is 0.113. The minimum atomic E-state index is -0.577. The number of carbonyl (C=O) groups is 1. The van der Waals surface area contributed by atoms with Gasteiger partial charge in [-0.3, -0.25) is 4.79 Å². The highest BCUT2D eigenvalue weighted by molar-refractivity contribution is 5.90. The fraction of sp³-hybridized carbons (Fsp3) is 0.714. The molecule has 0 aromatic carbocycles. The van der Waals surface area contributed by atoms with Gasteiger partial charge in [0.15, 0.2) is 5.78 Å². The Hall–Kier alpha value is -0.370. The summed E-state index contributed by atoms with van der Waals surface area (Å²) in [5.41, 5.74) is -0.577. The lowest BCUT2D eigenvalue weighted by molar-refractivity contribution is -0.129. The number of ether oxygens (including phenoxy) is 1. The molecule has 1 unspecified atom stereocenters. The predicted octanol–water partition coefficient (Wildman–Crippen LogP) is 0.815. The van der Waals surface area contributed by atoms with Crippen molar-refractivity contribution < 1.29 is 9.53 Å². The Bertz CT molecular complexity index is 138. The van der Waals surface area contributed by atoms with E-state index in [0.29, 0.717) is 6.61 Å². The minimum Gasteiger partial charge on any atom is -0.367 e. The van der Waals surface area contributed by atoms with Crippen molar-refractivity contribution in [3.63, 3.8) is 0 Å². The highest BCUT2D eigenvalue weighted by atomic mass is 16.5.